The smallest absolute Gasteiger partial charge is 0.246 e. The van der Waals surface area contributed by atoms with Crippen molar-refractivity contribution in [3.8, 4) is 0 Å². The van der Waals surface area contributed by atoms with Gasteiger partial charge in [0.2, 0.25) is 10.0 Å². The highest BCUT2D eigenvalue weighted by Gasteiger charge is 2.23. The fourth-order valence-electron chi connectivity index (χ4n) is 2.41. The van der Waals surface area contributed by atoms with E-state index in [4.69, 9.17) is 0 Å². The number of thiazole rings is 1. The van der Waals surface area contributed by atoms with E-state index >= 15 is 0 Å². The Hall–Kier alpha value is -2.03. The van der Waals surface area contributed by atoms with Gasteiger partial charge in [-0.25, -0.2) is 13.4 Å². The molecule has 8 heteroatoms. The summed E-state index contributed by atoms with van der Waals surface area (Å²) in [5.41, 5.74) is 1.84. The molecular weight excluding hydrogens is 356 g/mol. The molecular formula is C17H20N4O2S2. The molecule has 2 aromatic heterocycles. The third kappa shape index (κ3) is 4.15. The summed E-state index contributed by atoms with van der Waals surface area (Å²) in [6.07, 6.45) is 3.82. The van der Waals surface area contributed by atoms with E-state index < -0.39 is 10.0 Å². The zero-order valence-corrected chi connectivity index (χ0v) is 15.8. The normalized spacial score (nSPS) is 12.0. The molecule has 0 N–H and O–H groups in total. The second-order valence-corrected chi connectivity index (χ2v) is 8.69. The summed E-state index contributed by atoms with van der Waals surface area (Å²) in [5.74, 6) is 0. The maximum atomic E-state index is 12.7. The van der Waals surface area contributed by atoms with Crippen LogP contribution < -0.4 is 0 Å². The fourth-order valence-corrected chi connectivity index (χ4v) is 4.25. The van der Waals surface area contributed by atoms with Crippen LogP contribution in [0.15, 0.2) is 53.0 Å². The van der Waals surface area contributed by atoms with E-state index in [0.29, 0.717) is 6.54 Å². The van der Waals surface area contributed by atoms with Crippen molar-refractivity contribution in [2.45, 2.75) is 31.3 Å². The van der Waals surface area contributed by atoms with E-state index in [-0.39, 0.29) is 11.4 Å². The first-order valence-corrected chi connectivity index (χ1v) is 10.3. The number of hydrogen-bond acceptors (Lipinski definition) is 5. The van der Waals surface area contributed by atoms with Gasteiger partial charge in [-0.3, -0.25) is 4.68 Å². The SMILES string of the molecule is CCc1nc(CN(C)S(=O)(=O)c2cnn(Cc3ccccc3)c2)cs1. The molecule has 0 spiro atoms. The molecule has 25 heavy (non-hydrogen) atoms. The van der Waals surface area contributed by atoms with Crippen LogP contribution in [0.1, 0.15) is 23.2 Å². The number of aryl methyl sites for hydroxylation is 1. The van der Waals surface area contributed by atoms with Crippen LogP contribution in [0.3, 0.4) is 0 Å². The average Bonchev–Trinajstić information content (AvgIpc) is 3.25. The Morgan fingerprint density at radius 3 is 2.68 bits per heavy atom. The van der Waals surface area contributed by atoms with Crippen molar-refractivity contribution in [3.05, 3.63) is 64.4 Å². The lowest BCUT2D eigenvalue weighted by molar-refractivity contribution is 0.462. The summed E-state index contributed by atoms with van der Waals surface area (Å²) in [7, 11) is -2.03. The van der Waals surface area contributed by atoms with Gasteiger partial charge in [0.1, 0.15) is 4.90 Å². The van der Waals surface area contributed by atoms with Crippen LogP contribution in [0.4, 0.5) is 0 Å². The van der Waals surface area contributed by atoms with Crippen LogP contribution in [0.2, 0.25) is 0 Å². The molecule has 132 valence electrons. The molecule has 0 aliphatic rings. The highest BCUT2D eigenvalue weighted by molar-refractivity contribution is 7.89. The third-order valence-corrected chi connectivity index (χ3v) is 6.59. The molecule has 0 aliphatic heterocycles. The molecule has 1 aromatic carbocycles. The van der Waals surface area contributed by atoms with Crippen molar-refractivity contribution in [2.75, 3.05) is 7.05 Å². The lowest BCUT2D eigenvalue weighted by Crippen LogP contribution is -2.26. The van der Waals surface area contributed by atoms with Gasteiger partial charge in [0.25, 0.3) is 0 Å². The first kappa shape index (κ1) is 17.8. The molecule has 6 nitrogen and oxygen atoms in total. The largest absolute Gasteiger partial charge is 0.267 e. The molecule has 0 fully saturated rings. The minimum atomic E-state index is -3.59. The third-order valence-electron chi connectivity index (χ3n) is 3.79. The van der Waals surface area contributed by atoms with Crippen molar-refractivity contribution >= 4 is 21.4 Å². The summed E-state index contributed by atoms with van der Waals surface area (Å²) in [6.45, 7) is 2.82. The van der Waals surface area contributed by atoms with E-state index in [2.05, 4.69) is 10.1 Å². The van der Waals surface area contributed by atoms with E-state index in [0.717, 1.165) is 22.7 Å². The topological polar surface area (TPSA) is 68.1 Å². The molecule has 0 saturated carbocycles. The fraction of sp³-hybridized carbons (Fsp3) is 0.294. The summed E-state index contributed by atoms with van der Waals surface area (Å²) in [5, 5.41) is 7.10. The standard InChI is InChI=1S/C17H20N4O2S2/c1-3-17-19-15(13-24-17)11-20(2)25(22,23)16-9-18-21(12-16)10-14-7-5-4-6-8-14/h4-9,12-13H,3,10-11H2,1-2H3. The van der Waals surface area contributed by atoms with E-state index in [9.17, 15) is 8.42 Å². The second kappa shape index (κ2) is 7.47. The number of nitrogens with zero attached hydrogens (tertiary/aromatic N) is 4. The number of hydrogen-bond donors (Lipinski definition) is 0. The molecule has 0 unspecified atom stereocenters. The van der Waals surface area contributed by atoms with Crippen molar-refractivity contribution in [2.24, 2.45) is 0 Å². The summed E-state index contributed by atoms with van der Waals surface area (Å²) >= 11 is 1.55. The van der Waals surface area contributed by atoms with Gasteiger partial charge in [-0.15, -0.1) is 11.3 Å². The van der Waals surface area contributed by atoms with Gasteiger partial charge in [-0.1, -0.05) is 37.3 Å². The Morgan fingerprint density at radius 1 is 1.24 bits per heavy atom. The lowest BCUT2D eigenvalue weighted by Gasteiger charge is -2.14. The lowest BCUT2D eigenvalue weighted by atomic mass is 10.2. The molecule has 0 aliphatic carbocycles. The summed E-state index contributed by atoms with van der Waals surface area (Å²) in [6, 6.07) is 9.80. The van der Waals surface area contributed by atoms with Crippen LogP contribution >= 0.6 is 11.3 Å². The van der Waals surface area contributed by atoms with E-state index in [1.54, 1.807) is 29.3 Å². The van der Waals surface area contributed by atoms with Crippen molar-refractivity contribution in [3.63, 3.8) is 0 Å². The molecule has 0 radical (unpaired) electrons. The Morgan fingerprint density at radius 2 is 2.00 bits per heavy atom. The van der Waals surface area contributed by atoms with Crippen molar-refractivity contribution in [1.82, 2.24) is 19.1 Å². The zero-order valence-electron chi connectivity index (χ0n) is 14.2. The molecule has 0 atom stereocenters. The molecule has 3 rings (SSSR count). The Bertz CT molecular complexity index is 932. The van der Waals surface area contributed by atoms with E-state index in [1.165, 1.54) is 10.5 Å². The minimum Gasteiger partial charge on any atom is -0.267 e. The van der Waals surface area contributed by atoms with Gasteiger partial charge in [-0.2, -0.15) is 9.40 Å². The quantitative estimate of drug-likeness (QED) is 0.636. The highest BCUT2D eigenvalue weighted by atomic mass is 32.2. The van der Waals surface area contributed by atoms with Crippen LogP contribution in [0.5, 0.6) is 0 Å². The summed E-state index contributed by atoms with van der Waals surface area (Å²) < 4.78 is 28.4. The molecule has 0 bridgehead atoms. The maximum Gasteiger partial charge on any atom is 0.246 e. The molecule has 0 saturated heterocycles. The van der Waals surface area contributed by atoms with Crippen LogP contribution in [0, 0.1) is 0 Å². The van der Waals surface area contributed by atoms with Gasteiger partial charge < -0.3 is 0 Å². The first-order valence-electron chi connectivity index (χ1n) is 7.95. The number of rotatable bonds is 7. The van der Waals surface area contributed by atoms with Crippen LogP contribution in [-0.4, -0.2) is 34.5 Å². The van der Waals surface area contributed by atoms with Gasteiger partial charge in [0.05, 0.1) is 30.0 Å². The van der Waals surface area contributed by atoms with Gasteiger partial charge in [0, 0.05) is 18.6 Å². The minimum absolute atomic E-state index is 0.192. The van der Waals surface area contributed by atoms with Gasteiger partial charge >= 0.3 is 0 Å². The Kier molecular flexibility index (Phi) is 5.31. The predicted octanol–water partition coefficient (Wildman–Crippen LogP) is 2.77. The van der Waals surface area contributed by atoms with Crippen molar-refractivity contribution in [1.29, 1.82) is 0 Å². The van der Waals surface area contributed by atoms with E-state index in [1.807, 2.05) is 42.6 Å². The zero-order chi connectivity index (χ0) is 17.9. The molecule has 2 heterocycles. The Balaban J connectivity index is 1.73. The molecule has 3 aromatic rings. The van der Waals surface area contributed by atoms with Crippen LogP contribution in [0.25, 0.3) is 0 Å². The molecule has 0 amide bonds. The Labute approximate surface area is 151 Å². The average molecular weight is 377 g/mol. The predicted molar refractivity (Wildman–Crippen MR) is 97.9 cm³/mol. The maximum absolute atomic E-state index is 12.7. The monoisotopic (exact) mass is 376 g/mol. The van der Waals surface area contributed by atoms with Crippen LogP contribution in [-0.2, 0) is 29.5 Å². The van der Waals surface area contributed by atoms with Crippen molar-refractivity contribution < 1.29 is 8.42 Å². The van der Waals surface area contributed by atoms with Gasteiger partial charge in [0.15, 0.2) is 0 Å². The number of benzene rings is 1. The number of aromatic nitrogens is 3. The first-order chi connectivity index (χ1) is 12.0. The summed E-state index contributed by atoms with van der Waals surface area (Å²) in [4.78, 5) is 4.62. The van der Waals surface area contributed by atoms with Gasteiger partial charge in [-0.05, 0) is 12.0 Å². The highest BCUT2D eigenvalue weighted by Crippen LogP contribution is 2.18. The number of sulfonamides is 1. The second-order valence-electron chi connectivity index (χ2n) is 5.71.